The highest BCUT2D eigenvalue weighted by molar-refractivity contribution is 7.89. The predicted molar refractivity (Wildman–Crippen MR) is 90.0 cm³/mol. The fraction of sp³-hybridized carbons (Fsp3) is 0.600. The first-order valence-electron chi connectivity index (χ1n) is 8.14. The summed E-state index contributed by atoms with van der Waals surface area (Å²) >= 11 is 1.06. The number of benzene rings is 1. The maximum Gasteiger partial charge on any atom is 0.245 e. The number of sulfonamides is 1. The number of rotatable bonds is 2. The average molecular weight is 352 g/mol. The molecule has 2 fully saturated rings. The molecular weight excluding hydrogens is 332 g/mol. The Morgan fingerprint density at radius 3 is 3.00 bits per heavy atom. The van der Waals surface area contributed by atoms with E-state index in [1.54, 1.807) is 16.4 Å². The lowest BCUT2D eigenvalue weighted by atomic mass is 10.00. The van der Waals surface area contributed by atoms with Crippen LogP contribution in [0.1, 0.15) is 32.1 Å². The Hall–Kier alpha value is -1.09. The molecule has 0 spiro atoms. The number of aromatic nitrogens is 2. The van der Waals surface area contributed by atoms with Gasteiger partial charge in [-0.15, -0.1) is 0 Å². The molecule has 4 rings (SSSR count). The largest absolute Gasteiger partial charge is 0.312 e. The summed E-state index contributed by atoms with van der Waals surface area (Å²) < 4.78 is 36.5. The zero-order chi connectivity index (χ0) is 15.9. The minimum atomic E-state index is -3.54. The van der Waals surface area contributed by atoms with E-state index < -0.39 is 10.0 Å². The molecule has 0 aliphatic carbocycles. The molecule has 2 atom stereocenters. The zero-order valence-corrected chi connectivity index (χ0v) is 14.4. The van der Waals surface area contributed by atoms with Gasteiger partial charge in [0.1, 0.15) is 15.9 Å². The monoisotopic (exact) mass is 352 g/mol. The summed E-state index contributed by atoms with van der Waals surface area (Å²) in [5.74, 6) is 0. The van der Waals surface area contributed by atoms with Crippen LogP contribution < -0.4 is 5.32 Å². The number of hydrogen-bond donors (Lipinski definition) is 1. The number of hydrogen-bond acceptors (Lipinski definition) is 6. The highest BCUT2D eigenvalue weighted by Gasteiger charge is 2.42. The SMILES string of the molecule is O=S(=O)(c1cccc2nsnc12)N1CC[C@H]2NCCCCC[C@H]21. The summed E-state index contributed by atoms with van der Waals surface area (Å²) in [7, 11) is -3.54. The molecule has 0 amide bonds. The molecule has 0 radical (unpaired) electrons. The molecule has 6 nitrogen and oxygen atoms in total. The van der Waals surface area contributed by atoms with Crippen molar-refractivity contribution < 1.29 is 8.42 Å². The molecule has 1 aromatic heterocycles. The lowest BCUT2D eigenvalue weighted by molar-refractivity contribution is 0.305. The lowest BCUT2D eigenvalue weighted by Crippen LogP contribution is -2.45. The van der Waals surface area contributed by atoms with Gasteiger partial charge in [0.2, 0.25) is 10.0 Å². The number of nitrogens with zero attached hydrogens (tertiary/aromatic N) is 3. The zero-order valence-electron chi connectivity index (χ0n) is 12.8. The first kappa shape index (κ1) is 15.4. The van der Waals surface area contributed by atoms with Crippen molar-refractivity contribution in [3.8, 4) is 0 Å². The Kier molecular flexibility index (Phi) is 4.08. The van der Waals surface area contributed by atoms with Crippen LogP contribution in [-0.4, -0.2) is 46.6 Å². The second-order valence-electron chi connectivity index (χ2n) is 6.27. The van der Waals surface area contributed by atoms with Gasteiger partial charge in [0.25, 0.3) is 0 Å². The van der Waals surface area contributed by atoms with Gasteiger partial charge in [-0.1, -0.05) is 18.9 Å². The summed E-state index contributed by atoms with van der Waals surface area (Å²) in [6.07, 6.45) is 5.25. The normalized spacial score (nSPS) is 26.8. The Labute approximate surface area is 140 Å². The smallest absolute Gasteiger partial charge is 0.245 e. The average Bonchev–Trinajstić information content (AvgIpc) is 3.13. The summed E-state index contributed by atoms with van der Waals surface area (Å²) in [5.41, 5.74) is 1.15. The van der Waals surface area contributed by atoms with Crippen molar-refractivity contribution in [3.63, 3.8) is 0 Å². The molecule has 2 saturated heterocycles. The Morgan fingerprint density at radius 1 is 1.17 bits per heavy atom. The second-order valence-corrected chi connectivity index (χ2v) is 8.66. The van der Waals surface area contributed by atoms with Gasteiger partial charge in [-0.3, -0.25) is 0 Å². The summed E-state index contributed by atoms with van der Waals surface area (Å²) in [6, 6.07) is 5.55. The van der Waals surface area contributed by atoms with E-state index in [1.165, 1.54) is 6.42 Å². The molecule has 2 aliphatic heterocycles. The highest BCUT2D eigenvalue weighted by Crippen LogP contribution is 2.32. The minimum Gasteiger partial charge on any atom is -0.312 e. The number of fused-ring (bicyclic) bond motifs is 2. The molecule has 3 heterocycles. The molecular formula is C15H20N4O2S2. The molecule has 0 unspecified atom stereocenters. The van der Waals surface area contributed by atoms with Crippen molar-refractivity contribution in [2.24, 2.45) is 0 Å². The van der Waals surface area contributed by atoms with E-state index >= 15 is 0 Å². The van der Waals surface area contributed by atoms with Gasteiger partial charge in [0.05, 0.1) is 11.7 Å². The van der Waals surface area contributed by atoms with Crippen LogP contribution in [-0.2, 0) is 10.0 Å². The number of nitrogens with one attached hydrogen (secondary N) is 1. The van der Waals surface area contributed by atoms with Crippen molar-refractivity contribution in [1.29, 1.82) is 0 Å². The van der Waals surface area contributed by atoms with Crippen LogP contribution in [0.4, 0.5) is 0 Å². The first-order valence-corrected chi connectivity index (χ1v) is 10.3. The first-order chi connectivity index (χ1) is 11.2. The Bertz CT molecular complexity index is 805. The standard InChI is InChI=1S/C15H20N4O2S2/c20-23(21,14-7-4-5-12-15(14)18-22-17-12)19-10-8-11-13(19)6-2-1-3-9-16-11/h4-5,7,11,13,16H,1-3,6,8-10H2/t11-,13-/m1/s1. The summed E-state index contributed by atoms with van der Waals surface area (Å²) in [4.78, 5) is 0.298. The fourth-order valence-corrected chi connectivity index (χ4v) is 6.23. The Balaban J connectivity index is 1.72. The summed E-state index contributed by atoms with van der Waals surface area (Å²) in [6.45, 7) is 1.57. The van der Waals surface area contributed by atoms with Crippen LogP contribution in [0, 0.1) is 0 Å². The molecule has 0 saturated carbocycles. The third-order valence-corrected chi connectivity index (χ3v) is 7.41. The molecule has 1 aromatic carbocycles. The van der Waals surface area contributed by atoms with E-state index in [4.69, 9.17) is 0 Å². The van der Waals surface area contributed by atoms with Gasteiger partial charge in [0.15, 0.2) is 0 Å². The van der Waals surface area contributed by atoms with Crippen LogP contribution >= 0.6 is 11.7 Å². The van der Waals surface area contributed by atoms with Crippen LogP contribution in [0.3, 0.4) is 0 Å². The van der Waals surface area contributed by atoms with Crippen molar-refractivity contribution in [2.75, 3.05) is 13.1 Å². The van der Waals surface area contributed by atoms with Gasteiger partial charge in [-0.2, -0.15) is 13.1 Å². The van der Waals surface area contributed by atoms with Crippen LogP contribution in [0.5, 0.6) is 0 Å². The molecule has 8 heteroatoms. The quantitative estimate of drug-likeness (QED) is 0.894. The fourth-order valence-electron chi connectivity index (χ4n) is 3.77. The van der Waals surface area contributed by atoms with Gasteiger partial charge >= 0.3 is 0 Å². The van der Waals surface area contributed by atoms with E-state index in [0.29, 0.717) is 22.5 Å². The molecule has 23 heavy (non-hydrogen) atoms. The lowest BCUT2D eigenvalue weighted by Gasteiger charge is -2.29. The predicted octanol–water partition coefficient (Wildman–Crippen LogP) is 1.99. The minimum absolute atomic E-state index is 0.0575. The Morgan fingerprint density at radius 2 is 2.09 bits per heavy atom. The van der Waals surface area contributed by atoms with Gasteiger partial charge < -0.3 is 5.32 Å². The maximum atomic E-state index is 13.2. The van der Waals surface area contributed by atoms with Crippen molar-refractivity contribution >= 4 is 32.8 Å². The van der Waals surface area contributed by atoms with Gasteiger partial charge in [-0.05, 0) is 37.9 Å². The van der Waals surface area contributed by atoms with E-state index in [2.05, 4.69) is 14.1 Å². The van der Waals surface area contributed by atoms with Gasteiger partial charge in [-0.25, -0.2) is 8.42 Å². The van der Waals surface area contributed by atoms with Crippen LogP contribution in [0.15, 0.2) is 23.1 Å². The third kappa shape index (κ3) is 2.67. The van der Waals surface area contributed by atoms with E-state index in [9.17, 15) is 8.42 Å². The van der Waals surface area contributed by atoms with Crippen molar-refractivity contribution in [2.45, 2.75) is 49.1 Å². The molecule has 124 valence electrons. The third-order valence-electron chi connectivity index (χ3n) is 4.91. The summed E-state index contributed by atoms with van der Waals surface area (Å²) in [5, 5.41) is 3.54. The van der Waals surface area contributed by atoms with Crippen LogP contribution in [0.2, 0.25) is 0 Å². The molecule has 2 aliphatic rings. The second kappa shape index (κ2) is 6.08. The van der Waals surface area contributed by atoms with Crippen molar-refractivity contribution in [3.05, 3.63) is 18.2 Å². The van der Waals surface area contributed by atoms with Crippen molar-refractivity contribution in [1.82, 2.24) is 18.4 Å². The van der Waals surface area contributed by atoms with E-state index in [-0.39, 0.29) is 12.1 Å². The van der Waals surface area contributed by atoms with Gasteiger partial charge in [0, 0.05) is 18.6 Å². The maximum absolute atomic E-state index is 13.2. The molecule has 0 bridgehead atoms. The molecule has 2 aromatic rings. The highest BCUT2D eigenvalue weighted by atomic mass is 32.2. The molecule has 1 N–H and O–H groups in total. The van der Waals surface area contributed by atoms with E-state index in [0.717, 1.165) is 44.0 Å². The van der Waals surface area contributed by atoms with Crippen LogP contribution in [0.25, 0.3) is 11.0 Å². The topological polar surface area (TPSA) is 75.2 Å². The van der Waals surface area contributed by atoms with E-state index in [1.807, 2.05) is 6.07 Å².